The molecule has 0 aliphatic carbocycles. The topological polar surface area (TPSA) is 73.9 Å². The highest BCUT2D eigenvalue weighted by atomic mass is 16.5. The van der Waals surface area contributed by atoms with Crippen molar-refractivity contribution in [1.82, 2.24) is 10.2 Å². The number of para-hydroxylation sites is 3. The Kier molecular flexibility index (Phi) is 7.68. The molecule has 0 aromatic heterocycles. The quantitative estimate of drug-likeness (QED) is 0.541. The summed E-state index contributed by atoms with van der Waals surface area (Å²) in [6.07, 6.45) is 0.804. The number of hydrogen-bond donors (Lipinski definition) is 2. The second-order valence-electron chi connectivity index (χ2n) is 7.38. The Hall–Kier alpha value is -3.06. The highest BCUT2D eigenvalue weighted by Crippen LogP contribution is 2.28. The SMILES string of the molecule is COc1ccccc1N1CCN(CCCNC(=O)C(=O)Nc2ccccc2C)CC1. The number of piperazine rings is 1. The summed E-state index contributed by atoms with van der Waals surface area (Å²) in [7, 11) is 1.70. The van der Waals surface area contributed by atoms with Crippen molar-refractivity contribution in [3.63, 3.8) is 0 Å². The van der Waals surface area contributed by atoms with Crippen LogP contribution in [-0.2, 0) is 9.59 Å². The van der Waals surface area contributed by atoms with Gasteiger partial charge in [-0.2, -0.15) is 0 Å². The van der Waals surface area contributed by atoms with Gasteiger partial charge in [0.25, 0.3) is 0 Å². The van der Waals surface area contributed by atoms with Gasteiger partial charge in [0.2, 0.25) is 0 Å². The molecule has 1 aliphatic rings. The highest BCUT2D eigenvalue weighted by molar-refractivity contribution is 6.39. The molecule has 2 N–H and O–H groups in total. The minimum absolute atomic E-state index is 0.479. The lowest BCUT2D eigenvalue weighted by molar-refractivity contribution is -0.136. The number of hydrogen-bond acceptors (Lipinski definition) is 5. The Morgan fingerprint density at radius 3 is 2.40 bits per heavy atom. The maximum Gasteiger partial charge on any atom is 0.313 e. The van der Waals surface area contributed by atoms with Crippen LogP contribution in [0.15, 0.2) is 48.5 Å². The van der Waals surface area contributed by atoms with Crippen molar-refractivity contribution >= 4 is 23.2 Å². The Morgan fingerprint density at radius 2 is 1.67 bits per heavy atom. The molecular weight excluding hydrogens is 380 g/mol. The first-order valence-corrected chi connectivity index (χ1v) is 10.3. The van der Waals surface area contributed by atoms with Crippen LogP contribution in [0.4, 0.5) is 11.4 Å². The average Bonchev–Trinajstić information content (AvgIpc) is 2.78. The zero-order chi connectivity index (χ0) is 21.3. The summed E-state index contributed by atoms with van der Waals surface area (Å²) in [6, 6.07) is 15.5. The van der Waals surface area contributed by atoms with Crippen molar-refractivity contribution in [2.75, 3.05) is 56.6 Å². The molecule has 1 aliphatic heterocycles. The second-order valence-corrected chi connectivity index (χ2v) is 7.38. The lowest BCUT2D eigenvalue weighted by atomic mass is 10.2. The molecule has 0 atom stereocenters. The van der Waals surface area contributed by atoms with Gasteiger partial charge in [0, 0.05) is 38.4 Å². The van der Waals surface area contributed by atoms with E-state index in [1.54, 1.807) is 13.2 Å². The van der Waals surface area contributed by atoms with Crippen LogP contribution in [0.5, 0.6) is 5.75 Å². The van der Waals surface area contributed by atoms with Crippen LogP contribution in [0.1, 0.15) is 12.0 Å². The normalized spacial score (nSPS) is 14.3. The van der Waals surface area contributed by atoms with Crippen LogP contribution in [0.2, 0.25) is 0 Å². The molecule has 0 spiro atoms. The predicted molar refractivity (Wildman–Crippen MR) is 119 cm³/mol. The van der Waals surface area contributed by atoms with E-state index in [1.807, 2.05) is 43.3 Å². The number of anilines is 2. The number of methoxy groups -OCH3 is 1. The Bertz CT molecular complexity index is 863. The lowest BCUT2D eigenvalue weighted by Gasteiger charge is -2.36. The fraction of sp³-hybridized carbons (Fsp3) is 0.391. The van der Waals surface area contributed by atoms with Crippen LogP contribution in [0, 0.1) is 6.92 Å². The fourth-order valence-electron chi connectivity index (χ4n) is 3.58. The zero-order valence-corrected chi connectivity index (χ0v) is 17.7. The van der Waals surface area contributed by atoms with E-state index < -0.39 is 11.8 Å². The molecule has 2 aromatic rings. The monoisotopic (exact) mass is 410 g/mol. The van der Waals surface area contributed by atoms with Gasteiger partial charge in [-0.1, -0.05) is 30.3 Å². The van der Waals surface area contributed by atoms with Gasteiger partial charge >= 0.3 is 11.8 Å². The van der Waals surface area contributed by atoms with E-state index in [1.165, 1.54) is 0 Å². The first-order chi connectivity index (χ1) is 14.6. The maximum atomic E-state index is 12.0. The number of benzene rings is 2. The van der Waals surface area contributed by atoms with Crippen molar-refractivity contribution < 1.29 is 14.3 Å². The van der Waals surface area contributed by atoms with E-state index in [2.05, 4.69) is 26.5 Å². The van der Waals surface area contributed by atoms with E-state index in [-0.39, 0.29) is 0 Å². The third kappa shape index (κ3) is 5.73. The number of amides is 2. The number of ether oxygens (including phenoxy) is 1. The summed E-state index contributed by atoms with van der Waals surface area (Å²) < 4.78 is 5.46. The van der Waals surface area contributed by atoms with E-state index in [4.69, 9.17) is 4.74 Å². The van der Waals surface area contributed by atoms with E-state index in [9.17, 15) is 9.59 Å². The standard InChI is InChI=1S/C23H30N4O3/c1-18-8-3-4-9-19(18)25-23(29)22(28)24-12-7-13-26-14-16-27(17-15-26)20-10-5-6-11-21(20)30-2/h3-6,8-11H,7,12-17H2,1-2H3,(H,24,28)(H,25,29). The first-order valence-electron chi connectivity index (χ1n) is 10.3. The third-order valence-corrected chi connectivity index (χ3v) is 5.33. The molecule has 1 heterocycles. The van der Waals surface area contributed by atoms with Crippen molar-refractivity contribution in [3.05, 3.63) is 54.1 Å². The molecule has 2 aromatic carbocycles. The van der Waals surface area contributed by atoms with Crippen LogP contribution in [0.3, 0.4) is 0 Å². The largest absolute Gasteiger partial charge is 0.495 e. The first kappa shape index (κ1) is 21.6. The maximum absolute atomic E-state index is 12.0. The molecule has 1 saturated heterocycles. The third-order valence-electron chi connectivity index (χ3n) is 5.33. The molecule has 7 heteroatoms. The number of carbonyl (C=O) groups excluding carboxylic acids is 2. The fourth-order valence-corrected chi connectivity index (χ4v) is 3.58. The Morgan fingerprint density at radius 1 is 0.967 bits per heavy atom. The number of nitrogens with zero attached hydrogens (tertiary/aromatic N) is 2. The molecule has 3 rings (SSSR count). The molecule has 7 nitrogen and oxygen atoms in total. The van der Waals surface area contributed by atoms with Gasteiger partial charge in [-0.3, -0.25) is 14.5 Å². The summed E-state index contributed by atoms with van der Waals surface area (Å²) in [5.41, 5.74) is 2.71. The van der Waals surface area contributed by atoms with Crippen molar-refractivity contribution in [1.29, 1.82) is 0 Å². The Balaban J connectivity index is 1.35. The van der Waals surface area contributed by atoms with Crippen molar-refractivity contribution in [2.24, 2.45) is 0 Å². The van der Waals surface area contributed by atoms with E-state index in [0.717, 1.165) is 56.1 Å². The molecule has 0 unspecified atom stereocenters. The van der Waals surface area contributed by atoms with Gasteiger partial charge in [-0.25, -0.2) is 0 Å². The molecule has 0 radical (unpaired) electrons. The molecule has 2 amide bonds. The molecule has 160 valence electrons. The smallest absolute Gasteiger partial charge is 0.313 e. The molecule has 0 bridgehead atoms. The van der Waals surface area contributed by atoms with Gasteiger partial charge in [-0.05, 0) is 43.7 Å². The van der Waals surface area contributed by atoms with E-state index in [0.29, 0.717) is 12.2 Å². The molecule has 1 fully saturated rings. The zero-order valence-electron chi connectivity index (χ0n) is 17.7. The summed E-state index contributed by atoms with van der Waals surface area (Å²) in [5, 5.41) is 5.36. The lowest BCUT2D eigenvalue weighted by Crippen LogP contribution is -2.47. The highest BCUT2D eigenvalue weighted by Gasteiger charge is 2.19. The summed E-state index contributed by atoms with van der Waals surface area (Å²) in [6.45, 7) is 7.05. The number of rotatable bonds is 7. The van der Waals surface area contributed by atoms with E-state index >= 15 is 0 Å². The average molecular weight is 411 g/mol. The van der Waals surface area contributed by atoms with Gasteiger partial charge in [0.1, 0.15) is 5.75 Å². The molecular formula is C23H30N4O3. The second kappa shape index (κ2) is 10.6. The van der Waals surface area contributed by atoms with Gasteiger partial charge in [-0.15, -0.1) is 0 Å². The Labute approximate surface area is 178 Å². The summed E-state index contributed by atoms with van der Waals surface area (Å²) in [4.78, 5) is 28.8. The van der Waals surface area contributed by atoms with Gasteiger partial charge in [0.15, 0.2) is 0 Å². The van der Waals surface area contributed by atoms with Crippen LogP contribution in [-0.4, -0.2) is 63.1 Å². The minimum atomic E-state index is -0.630. The van der Waals surface area contributed by atoms with Crippen molar-refractivity contribution in [3.8, 4) is 5.75 Å². The van der Waals surface area contributed by atoms with Gasteiger partial charge < -0.3 is 20.3 Å². The number of carbonyl (C=O) groups is 2. The number of nitrogens with one attached hydrogen (secondary N) is 2. The summed E-state index contributed by atoms with van der Waals surface area (Å²) in [5.74, 6) is -0.327. The van der Waals surface area contributed by atoms with Crippen LogP contribution < -0.4 is 20.3 Å². The van der Waals surface area contributed by atoms with Gasteiger partial charge in [0.05, 0.1) is 12.8 Å². The van der Waals surface area contributed by atoms with Crippen LogP contribution in [0.25, 0.3) is 0 Å². The molecule has 30 heavy (non-hydrogen) atoms. The van der Waals surface area contributed by atoms with Crippen LogP contribution >= 0.6 is 0 Å². The predicted octanol–water partition coefficient (Wildman–Crippen LogP) is 2.27. The number of aryl methyl sites for hydroxylation is 1. The minimum Gasteiger partial charge on any atom is -0.495 e. The summed E-state index contributed by atoms with van der Waals surface area (Å²) >= 11 is 0. The molecule has 0 saturated carbocycles. The van der Waals surface area contributed by atoms with Crippen molar-refractivity contribution in [2.45, 2.75) is 13.3 Å².